The molecule has 1 saturated carbocycles. The normalized spacial score (nSPS) is 24.2. The lowest BCUT2D eigenvalue weighted by atomic mass is 9.83. The van der Waals surface area contributed by atoms with Gasteiger partial charge in [0.1, 0.15) is 0 Å². The second-order valence-corrected chi connectivity index (χ2v) is 6.05. The Morgan fingerprint density at radius 2 is 2.04 bits per heavy atom. The first-order valence-corrected chi connectivity index (χ1v) is 7.39. The van der Waals surface area contributed by atoms with Gasteiger partial charge in [-0.15, -0.1) is 0 Å². The van der Waals surface area contributed by atoms with E-state index in [0.29, 0.717) is 17.7 Å². The minimum Gasteiger partial charge on any atom is -0.481 e. The van der Waals surface area contributed by atoms with E-state index < -0.39 is 23.4 Å². The van der Waals surface area contributed by atoms with Crippen LogP contribution >= 0.6 is 0 Å². The first-order chi connectivity index (χ1) is 10.9. The van der Waals surface area contributed by atoms with Crippen molar-refractivity contribution in [2.75, 3.05) is 0 Å². The van der Waals surface area contributed by atoms with Crippen LogP contribution in [0.15, 0.2) is 41.2 Å². The maximum absolute atomic E-state index is 11.9. The lowest BCUT2D eigenvalue weighted by molar-refractivity contribution is -0.139. The molecule has 0 aliphatic heterocycles. The van der Waals surface area contributed by atoms with Crippen molar-refractivity contribution in [2.24, 2.45) is 13.0 Å². The SMILES string of the molecule is Cc1nn(C)c(=O)cc1C(O)[C@@]1(c2ccccc2)C[C@H]1C(=O)O. The minimum atomic E-state index is -1.09. The zero-order valence-electron chi connectivity index (χ0n) is 12.9. The van der Waals surface area contributed by atoms with Crippen LogP contribution in [0.1, 0.15) is 29.3 Å². The molecule has 2 N–H and O–H groups in total. The summed E-state index contributed by atoms with van der Waals surface area (Å²) >= 11 is 0. The zero-order valence-corrected chi connectivity index (χ0v) is 12.9. The van der Waals surface area contributed by atoms with E-state index in [4.69, 9.17) is 0 Å². The van der Waals surface area contributed by atoms with Crippen LogP contribution in [-0.4, -0.2) is 26.0 Å². The molecule has 1 aliphatic carbocycles. The fraction of sp³-hybridized carbons (Fsp3) is 0.353. The van der Waals surface area contributed by atoms with Gasteiger partial charge in [0.2, 0.25) is 0 Å². The van der Waals surface area contributed by atoms with Crippen molar-refractivity contribution in [3.63, 3.8) is 0 Å². The Kier molecular flexibility index (Phi) is 3.56. The van der Waals surface area contributed by atoms with E-state index in [9.17, 15) is 19.8 Å². The van der Waals surface area contributed by atoms with Crippen LogP contribution in [0, 0.1) is 12.8 Å². The molecule has 1 aromatic carbocycles. The third-order valence-electron chi connectivity index (χ3n) is 4.71. The molecule has 6 heteroatoms. The number of aromatic nitrogens is 2. The summed E-state index contributed by atoms with van der Waals surface area (Å²) in [6.07, 6.45) is -0.755. The molecule has 1 aromatic heterocycles. The van der Waals surface area contributed by atoms with Crippen molar-refractivity contribution in [1.82, 2.24) is 9.78 Å². The highest BCUT2D eigenvalue weighted by Gasteiger charge is 2.64. The summed E-state index contributed by atoms with van der Waals surface area (Å²) in [6, 6.07) is 10.4. The van der Waals surface area contributed by atoms with Gasteiger partial charge in [0.25, 0.3) is 5.56 Å². The third kappa shape index (κ3) is 2.35. The van der Waals surface area contributed by atoms with Crippen LogP contribution in [0.2, 0.25) is 0 Å². The van der Waals surface area contributed by atoms with E-state index in [1.165, 1.54) is 17.8 Å². The summed E-state index contributed by atoms with van der Waals surface area (Å²) < 4.78 is 1.20. The number of aliphatic hydroxyl groups excluding tert-OH is 1. The molecule has 120 valence electrons. The molecule has 1 aliphatic rings. The molecule has 1 unspecified atom stereocenters. The van der Waals surface area contributed by atoms with Crippen LogP contribution in [-0.2, 0) is 17.3 Å². The Labute approximate surface area is 133 Å². The minimum absolute atomic E-state index is 0.333. The second-order valence-electron chi connectivity index (χ2n) is 6.05. The second kappa shape index (κ2) is 5.31. The quantitative estimate of drug-likeness (QED) is 0.883. The number of aryl methyl sites for hydroxylation is 2. The Hall–Kier alpha value is -2.47. The van der Waals surface area contributed by atoms with Crippen LogP contribution < -0.4 is 5.56 Å². The maximum atomic E-state index is 11.9. The van der Waals surface area contributed by atoms with Gasteiger partial charge in [0, 0.05) is 24.1 Å². The Morgan fingerprint density at radius 3 is 2.61 bits per heavy atom. The fourth-order valence-electron chi connectivity index (χ4n) is 3.33. The molecule has 3 atom stereocenters. The Bertz CT molecular complexity index is 815. The molecule has 0 spiro atoms. The van der Waals surface area contributed by atoms with E-state index in [0.717, 1.165) is 5.56 Å². The summed E-state index contributed by atoms with van der Waals surface area (Å²) in [5.74, 6) is -1.62. The molecule has 3 rings (SSSR count). The lowest BCUT2D eigenvalue weighted by Crippen LogP contribution is -2.28. The molecule has 0 amide bonds. The summed E-state index contributed by atoms with van der Waals surface area (Å²) in [6.45, 7) is 1.70. The van der Waals surface area contributed by atoms with Gasteiger partial charge in [-0.3, -0.25) is 9.59 Å². The van der Waals surface area contributed by atoms with Crippen LogP contribution in [0.5, 0.6) is 0 Å². The van der Waals surface area contributed by atoms with Crippen molar-refractivity contribution < 1.29 is 15.0 Å². The van der Waals surface area contributed by atoms with Gasteiger partial charge in [-0.2, -0.15) is 5.10 Å². The first kappa shape index (κ1) is 15.4. The van der Waals surface area contributed by atoms with Crippen molar-refractivity contribution in [2.45, 2.75) is 24.9 Å². The van der Waals surface area contributed by atoms with Crippen LogP contribution in [0.3, 0.4) is 0 Å². The average Bonchev–Trinajstić information content (AvgIpc) is 3.28. The first-order valence-electron chi connectivity index (χ1n) is 7.39. The molecule has 23 heavy (non-hydrogen) atoms. The highest BCUT2D eigenvalue weighted by molar-refractivity contribution is 5.77. The smallest absolute Gasteiger partial charge is 0.307 e. The van der Waals surface area contributed by atoms with Crippen LogP contribution in [0.25, 0.3) is 0 Å². The van der Waals surface area contributed by atoms with Crippen molar-refractivity contribution >= 4 is 5.97 Å². The molecule has 1 heterocycles. The maximum Gasteiger partial charge on any atom is 0.307 e. The van der Waals surface area contributed by atoms with Gasteiger partial charge >= 0.3 is 5.97 Å². The monoisotopic (exact) mass is 314 g/mol. The highest BCUT2D eigenvalue weighted by atomic mass is 16.4. The van der Waals surface area contributed by atoms with Crippen molar-refractivity contribution in [3.05, 3.63) is 63.6 Å². The molecule has 0 bridgehead atoms. The molecule has 0 saturated heterocycles. The number of hydrogen-bond acceptors (Lipinski definition) is 4. The fourth-order valence-corrected chi connectivity index (χ4v) is 3.33. The van der Waals surface area contributed by atoms with E-state index in [2.05, 4.69) is 5.10 Å². The number of carbonyl (C=O) groups is 1. The average molecular weight is 314 g/mol. The predicted octanol–water partition coefficient (Wildman–Crippen LogP) is 1.16. The van der Waals surface area contributed by atoms with E-state index in [1.54, 1.807) is 6.92 Å². The molecule has 1 fully saturated rings. The number of benzene rings is 1. The van der Waals surface area contributed by atoms with Crippen molar-refractivity contribution in [3.8, 4) is 0 Å². The topological polar surface area (TPSA) is 92.4 Å². The summed E-state index contributed by atoms with van der Waals surface area (Å²) in [7, 11) is 1.54. The number of carboxylic acids is 1. The van der Waals surface area contributed by atoms with Gasteiger partial charge < -0.3 is 10.2 Å². The largest absolute Gasteiger partial charge is 0.481 e. The summed E-state index contributed by atoms with van der Waals surface area (Å²) in [5, 5.41) is 24.4. The Morgan fingerprint density at radius 1 is 1.39 bits per heavy atom. The molecule has 6 nitrogen and oxygen atoms in total. The number of aliphatic carboxylic acids is 1. The predicted molar refractivity (Wildman–Crippen MR) is 83.0 cm³/mol. The van der Waals surface area contributed by atoms with Gasteiger partial charge in [-0.1, -0.05) is 30.3 Å². The number of rotatable bonds is 4. The number of nitrogens with zero attached hydrogens (tertiary/aromatic N) is 2. The number of hydrogen-bond donors (Lipinski definition) is 2. The van der Waals surface area contributed by atoms with E-state index in [1.807, 2.05) is 30.3 Å². The van der Waals surface area contributed by atoms with Gasteiger partial charge in [0.05, 0.1) is 17.7 Å². The third-order valence-corrected chi connectivity index (χ3v) is 4.71. The lowest BCUT2D eigenvalue weighted by Gasteiger charge is -2.25. The van der Waals surface area contributed by atoms with Gasteiger partial charge in [-0.05, 0) is 18.9 Å². The van der Waals surface area contributed by atoms with Crippen LogP contribution in [0.4, 0.5) is 0 Å². The Balaban J connectivity index is 2.11. The van der Waals surface area contributed by atoms with E-state index >= 15 is 0 Å². The van der Waals surface area contributed by atoms with Gasteiger partial charge in [-0.25, -0.2) is 4.68 Å². The number of aliphatic hydroxyl groups is 1. The molecular formula is C17H18N2O4. The van der Waals surface area contributed by atoms with Gasteiger partial charge in [0.15, 0.2) is 0 Å². The molecule has 2 aromatic rings. The standard InChI is InChI=1S/C17H18N2O4/c1-10-12(8-14(20)19(2)18-10)15(21)17(9-13(17)16(22)23)11-6-4-3-5-7-11/h3-8,13,15,21H,9H2,1-2H3,(H,22,23)/t13-,15?,17+/m0/s1. The zero-order chi connectivity index (χ0) is 16.8. The highest BCUT2D eigenvalue weighted by Crippen LogP contribution is 2.61. The summed E-state index contributed by atoms with van der Waals surface area (Å²) in [5.41, 5.74) is 0.429. The molecular weight excluding hydrogens is 296 g/mol. The van der Waals surface area contributed by atoms with E-state index in [-0.39, 0.29) is 5.56 Å². The summed E-state index contributed by atoms with van der Waals surface area (Å²) in [4.78, 5) is 23.4. The number of carboxylic acid groups (broad SMARTS) is 1. The van der Waals surface area contributed by atoms with Crippen molar-refractivity contribution in [1.29, 1.82) is 0 Å². The molecule has 0 radical (unpaired) electrons.